The molecular formula is C26H24F3N3O4. The minimum Gasteiger partial charge on any atom is -0.406 e. The van der Waals surface area contributed by atoms with Crippen LogP contribution in [0.15, 0.2) is 70.4 Å². The van der Waals surface area contributed by atoms with Crippen LogP contribution in [0, 0.1) is 0 Å². The molecule has 0 fully saturated rings. The minimum absolute atomic E-state index is 0.0664. The molecule has 0 aliphatic rings. The quantitative estimate of drug-likeness (QED) is 0.404. The van der Waals surface area contributed by atoms with Crippen LogP contribution in [0.25, 0.3) is 22.2 Å². The maximum absolute atomic E-state index is 13.6. The zero-order valence-corrected chi connectivity index (χ0v) is 19.6. The molecule has 0 radical (unpaired) electrons. The first-order chi connectivity index (χ1) is 17.1. The van der Waals surface area contributed by atoms with Crippen LogP contribution in [0.1, 0.15) is 37.0 Å². The van der Waals surface area contributed by atoms with Gasteiger partial charge in [-0.15, -0.1) is 13.2 Å². The molecule has 1 N–H and O–H groups in total. The number of unbranched alkanes of at least 4 members (excludes halogenated alkanes) is 1. The number of ether oxygens (including phenoxy) is 1. The summed E-state index contributed by atoms with van der Waals surface area (Å²) in [7, 11) is 1.50. The number of hydrogen-bond acceptors (Lipinski definition) is 5. The topological polar surface area (TPSA) is 86.3 Å². The first kappa shape index (κ1) is 25.2. The molecule has 7 nitrogen and oxygen atoms in total. The summed E-state index contributed by atoms with van der Waals surface area (Å²) >= 11 is 0. The fraction of sp³-hybridized carbons (Fsp3) is 0.269. The van der Waals surface area contributed by atoms with E-state index in [1.165, 1.54) is 29.9 Å². The number of aryl methyl sites for hydroxylation is 1. The summed E-state index contributed by atoms with van der Waals surface area (Å²) in [6.07, 6.45) is -3.59. The Kier molecular flexibility index (Phi) is 6.98. The van der Waals surface area contributed by atoms with Gasteiger partial charge in [0.1, 0.15) is 11.9 Å². The van der Waals surface area contributed by atoms with Crippen LogP contribution in [-0.4, -0.2) is 25.6 Å². The van der Waals surface area contributed by atoms with Crippen molar-refractivity contribution in [2.24, 2.45) is 7.05 Å². The molecule has 0 saturated carbocycles. The van der Waals surface area contributed by atoms with E-state index in [9.17, 15) is 27.9 Å². The Hall–Kier alpha value is -3.92. The van der Waals surface area contributed by atoms with Crippen LogP contribution in [0.4, 0.5) is 13.2 Å². The Morgan fingerprint density at radius 2 is 1.81 bits per heavy atom. The van der Waals surface area contributed by atoms with Gasteiger partial charge >= 0.3 is 12.1 Å². The number of aromatic nitrogens is 3. The predicted octanol–water partition coefficient (Wildman–Crippen LogP) is 4.54. The van der Waals surface area contributed by atoms with E-state index in [0.717, 1.165) is 23.1 Å². The van der Waals surface area contributed by atoms with Gasteiger partial charge in [0.15, 0.2) is 0 Å². The van der Waals surface area contributed by atoms with Crippen molar-refractivity contribution >= 4 is 10.9 Å². The van der Waals surface area contributed by atoms with E-state index in [1.807, 2.05) is 6.92 Å². The summed E-state index contributed by atoms with van der Waals surface area (Å²) in [5.74, 6) is -0.470. The second kappa shape index (κ2) is 9.98. The van der Waals surface area contributed by atoms with Crippen LogP contribution in [0.3, 0.4) is 0 Å². The average Bonchev–Trinajstić information content (AvgIpc) is 2.86. The Labute approximate surface area is 204 Å². The molecule has 10 heteroatoms. The highest BCUT2D eigenvalue weighted by Crippen LogP contribution is 2.36. The number of alkyl halides is 3. The molecule has 36 heavy (non-hydrogen) atoms. The number of pyridine rings is 1. The second-order valence-corrected chi connectivity index (χ2v) is 8.32. The van der Waals surface area contributed by atoms with E-state index in [2.05, 4.69) is 9.72 Å². The number of aliphatic hydroxyl groups is 1. The molecule has 0 saturated heterocycles. The summed E-state index contributed by atoms with van der Waals surface area (Å²) < 4.78 is 45.0. The van der Waals surface area contributed by atoms with Gasteiger partial charge in [0.25, 0.3) is 5.56 Å². The van der Waals surface area contributed by atoms with E-state index in [0.29, 0.717) is 12.0 Å². The highest BCUT2D eigenvalue weighted by Gasteiger charge is 2.31. The number of nitrogens with zero attached hydrogens (tertiary/aromatic N) is 3. The molecule has 4 rings (SSSR count). The van der Waals surface area contributed by atoms with Gasteiger partial charge in [-0.2, -0.15) is 0 Å². The normalized spacial score (nSPS) is 12.6. The second-order valence-electron chi connectivity index (χ2n) is 8.32. The molecule has 0 bridgehead atoms. The Balaban J connectivity index is 2.06. The van der Waals surface area contributed by atoms with Crippen molar-refractivity contribution in [3.05, 3.63) is 92.8 Å². The van der Waals surface area contributed by atoms with Crippen molar-refractivity contribution < 1.29 is 23.0 Å². The van der Waals surface area contributed by atoms with Gasteiger partial charge < -0.3 is 9.84 Å². The van der Waals surface area contributed by atoms with E-state index >= 15 is 0 Å². The number of benzene rings is 2. The molecule has 0 amide bonds. The average molecular weight is 499 g/mol. The van der Waals surface area contributed by atoms with E-state index in [1.54, 1.807) is 30.3 Å². The molecule has 4 aromatic rings. The van der Waals surface area contributed by atoms with Crippen LogP contribution in [-0.2, 0) is 13.6 Å². The van der Waals surface area contributed by atoms with Crippen molar-refractivity contribution in [1.82, 2.24) is 14.1 Å². The smallest absolute Gasteiger partial charge is 0.406 e. The van der Waals surface area contributed by atoms with Crippen LogP contribution < -0.4 is 16.0 Å². The van der Waals surface area contributed by atoms with Crippen LogP contribution in [0.2, 0.25) is 0 Å². The van der Waals surface area contributed by atoms with Crippen molar-refractivity contribution in [1.29, 1.82) is 0 Å². The summed E-state index contributed by atoms with van der Waals surface area (Å²) in [6, 6.07) is 13.7. The fourth-order valence-corrected chi connectivity index (χ4v) is 4.15. The number of aliphatic hydroxyl groups excluding tert-OH is 1. The summed E-state index contributed by atoms with van der Waals surface area (Å²) in [4.78, 5) is 30.9. The van der Waals surface area contributed by atoms with E-state index < -0.39 is 29.5 Å². The van der Waals surface area contributed by atoms with Crippen LogP contribution in [0.5, 0.6) is 5.75 Å². The third-order valence-corrected chi connectivity index (χ3v) is 5.90. The van der Waals surface area contributed by atoms with Gasteiger partial charge in [0, 0.05) is 24.7 Å². The molecular weight excluding hydrogens is 475 g/mol. The molecule has 1 atom stereocenters. The SMILES string of the molecule is CCCCn1c(=O)c2c(C(O)c3ccccc3)c(-c3cccc(OC(F)(F)F)c3)ncc2n(C)c1=O. The number of fused-ring (bicyclic) bond motifs is 1. The zero-order valence-electron chi connectivity index (χ0n) is 19.6. The maximum Gasteiger partial charge on any atom is 0.573 e. The number of halogens is 3. The fourth-order valence-electron chi connectivity index (χ4n) is 4.15. The molecule has 0 spiro atoms. The van der Waals surface area contributed by atoms with Crippen LogP contribution >= 0.6 is 0 Å². The summed E-state index contributed by atoms with van der Waals surface area (Å²) in [6.45, 7) is 2.12. The largest absolute Gasteiger partial charge is 0.573 e. The van der Waals surface area contributed by atoms with Gasteiger partial charge in [-0.3, -0.25) is 18.9 Å². The van der Waals surface area contributed by atoms with Crippen molar-refractivity contribution in [3.63, 3.8) is 0 Å². The van der Waals surface area contributed by atoms with Crippen molar-refractivity contribution in [2.45, 2.75) is 38.8 Å². The summed E-state index contributed by atoms with van der Waals surface area (Å²) in [5, 5.41) is 11.5. The molecule has 188 valence electrons. The zero-order chi connectivity index (χ0) is 26.0. The van der Waals surface area contributed by atoms with E-state index in [-0.39, 0.29) is 34.3 Å². The highest BCUT2D eigenvalue weighted by molar-refractivity contribution is 5.88. The van der Waals surface area contributed by atoms with Gasteiger partial charge in [0.2, 0.25) is 0 Å². The van der Waals surface area contributed by atoms with Crippen molar-refractivity contribution in [3.8, 4) is 17.0 Å². The molecule has 2 heterocycles. The Morgan fingerprint density at radius 3 is 2.47 bits per heavy atom. The van der Waals surface area contributed by atoms with E-state index in [4.69, 9.17) is 0 Å². The molecule has 0 aliphatic carbocycles. The highest BCUT2D eigenvalue weighted by atomic mass is 19.4. The predicted molar refractivity (Wildman–Crippen MR) is 129 cm³/mol. The van der Waals surface area contributed by atoms with Crippen molar-refractivity contribution in [2.75, 3.05) is 0 Å². The lowest BCUT2D eigenvalue weighted by Gasteiger charge is -2.20. The molecule has 2 aromatic heterocycles. The molecule has 0 aliphatic heterocycles. The first-order valence-electron chi connectivity index (χ1n) is 11.3. The maximum atomic E-state index is 13.6. The van der Waals surface area contributed by atoms with Gasteiger partial charge in [-0.05, 0) is 24.1 Å². The van der Waals surface area contributed by atoms with Gasteiger partial charge in [0.05, 0.1) is 22.8 Å². The molecule has 1 unspecified atom stereocenters. The third kappa shape index (κ3) is 4.90. The lowest BCUT2D eigenvalue weighted by molar-refractivity contribution is -0.274. The Morgan fingerprint density at radius 1 is 1.08 bits per heavy atom. The lowest BCUT2D eigenvalue weighted by Crippen LogP contribution is -2.39. The van der Waals surface area contributed by atoms with Gasteiger partial charge in [-0.1, -0.05) is 55.8 Å². The number of rotatable bonds is 7. The monoisotopic (exact) mass is 499 g/mol. The Bertz CT molecular complexity index is 1510. The first-order valence-corrected chi connectivity index (χ1v) is 11.3. The lowest BCUT2D eigenvalue weighted by atomic mass is 9.93. The molecule has 2 aromatic carbocycles. The minimum atomic E-state index is -4.90. The standard InChI is InChI=1S/C26H24F3N3O4/c1-3-4-13-32-24(34)20-19(31(2)25(32)35)15-30-22(21(20)23(33)16-9-6-5-7-10-16)17-11-8-12-18(14-17)36-26(27,28)29/h5-12,14-15,23,33H,3-4,13H2,1-2H3. The van der Waals surface area contributed by atoms with Gasteiger partial charge in [-0.25, -0.2) is 4.79 Å². The third-order valence-electron chi connectivity index (χ3n) is 5.90. The summed E-state index contributed by atoms with van der Waals surface area (Å²) in [5.41, 5.74) is -0.0673. The number of hydrogen-bond donors (Lipinski definition) is 1.